The lowest BCUT2D eigenvalue weighted by Crippen LogP contribution is -2.35. The van der Waals surface area contributed by atoms with E-state index in [-0.39, 0.29) is 11.4 Å². The monoisotopic (exact) mass is 193 g/mol. The van der Waals surface area contributed by atoms with Crippen molar-refractivity contribution in [3.63, 3.8) is 0 Å². The van der Waals surface area contributed by atoms with Crippen molar-refractivity contribution in [1.29, 1.82) is 0 Å². The molecule has 1 aliphatic carbocycles. The number of rotatable bonds is 2. The molecule has 1 fully saturated rings. The highest BCUT2D eigenvalue weighted by Crippen LogP contribution is 2.43. The number of aryl methyl sites for hydroxylation is 1. The molecular formula is C12H16FN. The van der Waals surface area contributed by atoms with Crippen molar-refractivity contribution >= 4 is 0 Å². The lowest BCUT2D eigenvalue weighted by atomic mass is 9.87. The van der Waals surface area contributed by atoms with Gasteiger partial charge >= 0.3 is 0 Å². The molecule has 14 heavy (non-hydrogen) atoms. The molecule has 0 spiro atoms. The average Bonchev–Trinajstić information content (AvgIpc) is 2.92. The molecule has 2 N–H and O–H groups in total. The van der Waals surface area contributed by atoms with Crippen LogP contribution in [0.25, 0.3) is 0 Å². The summed E-state index contributed by atoms with van der Waals surface area (Å²) in [5.74, 6) is 0.379. The topological polar surface area (TPSA) is 26.0 Å². The minimum absolute atomic E-state index is 0.153. The van der Waals surface area contributed by atoms with Crippen molar-refractivity contribution in [3.05, 3.63) is 35.1 Å². The standard InChI is InChI=1S/C12H16FN/c1-8-3-4-10(7-11(8)13)12(2,14)9-5-6-9/h3-4,7,9H,5-6,14H2,1-2H3/t12-/m0/s1. The first-order valence-corrected chi connectivity index (χ1v) is 5.07. The second kappa shape index (κ2) is 3.06. The second-order valence-corrected chi connectivity index (χ2v) is 4.52. The van der Waals surface area contributed by atoms with Crippen LogP contribution in [-0.4, -0.2) is 0 Å². The van der Waals surface area contributed by atoms with Crippen LogP contribution in [0.4, 0.5) is 4.39 Å². The van der Waals surface area contributed by atoms with E-state index >= 15 is 0 Å². The average molecular weight is 193 g/mol. The summed E-state index contributed by atoms with van der Waals surface area (Å²) in [6.45, 7) is 3.76. The Morgan fingerprint density at radius 1 is 1.43 bits per heavy atom. The summed E-state index contributed by atoms with van der Waals surface area (Å²) in [5.41, 5.74) is 7.44. The van der Waals surface area contributed by atoms with Gasteiger partial charge in [0.1, 0.15) is 5.82 Å². The summed E-state index contributed by atoms with van der Waals surface area (Å²) in [7, 11) is 0. The molecule has 0 amide bonds. The summed E-state index contributed by atoms with van der Waals surface area (Å²) in [5, 5.41) is 0. The van der Waals surface area contributed by atoms with Gasteiger partial charge in [0.15, 0.2) is 0 Å². The first-order chi connectivity index (χ1) is 6.51. The molecular weight excluding hydrogens is 177 g/mol. The van der Waals surface area contributed by atoms with Crippen LogP contribution in [0.15, 0.2) is 18.2 Å². The first-order valence-electron chi connectivity index (χ1n) is 5.07. The normalized spacial score (nSPS) is 20.6. The van der Waals surface area contributed by atoms with Gasteiger partial charge in [-0.1, -0.05) is 12.1 Å². The van der Waals surface area contributed by atoms with E-state index in [1.54, 1.807) is 19.1 Å². The minimum atomic E-state index is -0.353. The van der Waals surface area contributed by atoms with Gasteiger partial charge in [-0.25, -0.2) is 4.39 Å². The summed E-state index contributed by atoms with van der Waals surface area (Å²) in [6, 6.07) is 5.32. The van der Waals surface area contributed by atoms with E-state index in [1.807, 2.05) is 13.0 Å². The number of nitrogens with two attached hydrogens (primary N) is 1. The van der Waals surface area contributed by atoms with E-state index in [9.17, 15) is 4.39 Å². The third-order valence-corrected chi connectivity index (χ3v) is 3.22. The summed E-state index contributed by atoms with van der Waals surface area (Å²) in [4.78, 5) is 0. The Morgan fingerprint density at radius 2 is 2.07 bits per heavy atom. The van der Waals surface area contributed by atoms with Crippen molar-refractivity contribution < 1.29 is 4.39 Å². The zero-order chi connectivity index (χ0) is 10.3. The zero-order valence-electron chi connectivity index (χ0n) is 8.68. The highest BCUT2D eigenvalue weighted by atomic mass is 19.1. The van der Waals surface area contributed by atoms with Crippen LogP contribution in [-0.2, 0) is 5.54 Å². The van der Waals surface area contributed by atoms with Crippen molar-refractivity contribution in [2.45, 2.75) is 32.2 Å². The molecule has 0 bridgehead atoms. The molecule has 1 aromatic carbocycles. The fourth-order valence-electron chi connectivity index (χ4n) is 1.85. The summed E-state index contributed by atoms with van der Waals surface area (Å²) >= 11 is 0. The van der Waals surface area contributed by atoms with Gasteiger partial charge in [-0.05, 0) is 49.8 Å². The Balaban J connectivity index is 2.36. The van der Waals surface area contributed by atoms with Gasteiger partial charge in [-0.2, -0.15) is 0 Å². The van der Waals surface area contributed by atoms with Crippen molar-refractivity contribution in [2.24, 2.45) is 11.7 Å². The van der Waals surface area contributed by atoms with E-state index < -0.39 is 0 Å². The van der Waals surface area contributed by atoms with Crippen LogP contribution in [0.2, 0.25) is 0 Å². The highest BCUT2D eigenvalue weighted by molar-refractivity contribution is 5.30. The third kappa shape index (κ3) is 1.55. The molecule has 1 aromatic rings. The van der Waals surface area contributed by atoms with Gasteiger partial charge in [-0.15, -0.1) is 0 Å². The maximum Gasteiger partial charge on any atom is 0.126 e. The Labute approximate surface area is 84.1 Å². The van der Waals surface area contributed by atoms with Gasteiger partial charge in [0.2, 0.25) is 0 Å². The Morgan fingerprint density at radius 3 is 2.57 bits per heavy atom. The van der Waals surface area contributed by atoms with Gasteiger partial charge in [0.05, 0.1) is 0 Å². The fourth-order valence-corrected chi connectivity index (χ4v) is 1.85. The molecule has 1 saturated carbocycles. The van der Waals surface area contributed by atoms with Crippen LogP contribution in [0.5, 0.6) is 0 Å². The number of hydrogen-bond acceptors (Lipinski definition) is 1. The lowest BCUT2D eigenvalue weighted by Gasteiger charge is -2.25. The maximum absolute atomic E-state index is 13.3. The smallest absolute Gasteiger partial charge is 0.126 e. The number of benzene rings is 1. The molecule has 2 heteroatoms. The van der Waals surface area contributed by atoms with E-state index in [0.29, 0.717) is 11.5 Å². The largest absolute Gasteiger partial charge is 0.321 e. The molecule has 1 aliphatic rings. The van der Waals surface area contributed by atoms with E-state index in [4.69, 9.17) is 5.73 Å². The predicted molar refractivity (Wildman–Crippen MR) is 55.4 cm³/mol. The van der Waals surface area contributed by atoms with Crippen LogP contribution < -0.4 is 5.73 Å². The predicted octanol–water partition coefficient (Wildman–Crippen LogP) is 2.72. The highest BCUT2D eigenvalue weighted by Gasteiger charge is 2.39. The lowest BCUT2D eigenvalue weighted by molar-refractivity contribution is 0.424. The molecule has 0 aromatic heterocycles. The molecule has 0 unspecified atom stereocenters. The number of halogens is 1. The third-order valence-electron chi connectivity index (χ3n) is 3.22. The van der Waals surface area contributed by atoms with Crippen molar-refractivity contribution in [1.82, 2.24) is 0 Å². The van der Waals surface area contributed by atoms with E-state index in [0.717, 1.165) is 5.56 Å². The van der Waals surface area contributed by atoms with Crippen molar-refractivity contribution in [3.8, 4) is 0 Å². The van der Waals surface area contributed by atoms with Crippen molar-refractivity contribution in [2.75, 3.05) is 0 Å². The Hall–Kier alpha value is -0.890. The molecule has 1 atom stereocenters. The molecule has 0 heterocycles. The van der Waals surface area contributed by atoms with Crippen LogP contribution in [0.1, 0.15) is 30.9 Å². The van der Waals surface area contributed by atoms with Crippen LogP contribution >= 0.6 is 0 Å². The van der Waals surface area contributed by atoms with Gasteiger partial charge in [0, 0.05) is 5.54 Å². The van der Waals surface area contributed by atoms with E-state index in [2.05, 4.69) is 0 Å². The second-order valence-electron chi connectivity index (χ2n) is 4.52. The Bertz CT molecular complexity index is 353. The Kier molecular flexibility index (Phi) is 2.11. The van der Waals surface area contributed by atoms with Gasteiger partial charge < -0.3 is 5.73 Å². The SMILES string of the molecule is Cc1ccc([C@@](C)(N)C2CC2)cc1F. The zero-order valence-corrected chi connectivity index (χ0v) is 8.68. The number of hydrogen-bond donors (Lipinski definition) is 1. The van der Waals surface area contributed by atoms with Gasteiger partial charge in [0.25, 0.3) is 0 Å². The van der Waals surface area contributed by atoms with Gasteiger partial charge in [-0.3, -0.25) is 0 Å². The maximum atomic E-state index is 13.3. The molecule has 0 radical (unpaired) electrons. The fraction of sp³-hybridized carbons (Fsp3) is 0.500. The molecule has 0 aliphatic heterocycles. The quantitative estimate of drug-likeness (QED) is 0.767. The molecule has 1 nitrogen and oxygen atoms in total. The first kappa shape index (κ1) is 9.66. The minimum Gasteiger partial charge on any atom is -0.321 e. The molecule has 2 rings (SSSR count). The summed E-state index contributed by atoms with van der Waals surface area (Å²) < 4.78 is 13.3. The summed E-state index contributed by atoms with van der Waals surface area (Å²) in [6.07, 6.45) is 2.34. The molecule has 76 valence electrons. The van der Waals surface area contributed by atoms with E-state index in [1.165, 1.54) is 12.8 Å². The van der Waals surface area contributed by atoms with Crippen LogP contribution in [0, 0.1) is 18.7 Å². The van der Waals surface area contributed by atoms with Crippen LogP contribution in [0.3, 0.4) is 0 Å². The molecule has 0 saturated heterocycles.